The van der Waals surface area contributed by atoms with Crippen LogP contribution >= 0.6 is 39.3 Å². The molecule has 0 heterocycles. The number of benzene rings is 1. The molecule has 0 unspecified atom stereocenters. The van der Waals surface area contributed by atoms with Crippen LogP contribution in [0, 0.1) is 0 Å². The number of nitrogens with one attached hydrogen (secondary N) is 1. The van der Waals surface area contributed by atoms with Crippen LogP contribution in [0.2, 0.25) is 5.02 Å². The molecule has 4 heteroatoms. The molecule has 1 aromatic rings. The largest absolute Gasteiger partial charge is 0.311 e. The average Bonchev–Trinajstić information content (AvgIpc) is 2.21. The highest BCUT2D eigenvalue weighted by Crippen LogP contribution is 2.22. The number of rotatable bonds is 5. The number of thioether (sulfide) groups is 1. The van der Waals surface area contributed by atoms with Gasteiger partial charge in [0.2, 0.25) is 0 Å². The van der Waals surface area contributed by atoms with Crippen LogP contribution < -0.4 is 5.32 Å². The van der Waals surface area contributed by atoms with E-state index in [-0.39, 0.29) is 4.75 Å². The first-order valence-corrected chi connectivity index (χ1v) is 7.54. The molecule has 0 bridgehead atoms. The smallest absolute Gasteiger partial charge is 0.0462 e. The van der Waals surface area contributed by atoms with E-state index in [9.17, 15) is 0 Å². The fraction of sp³-hybridized carbons (Fsp3) is 0.500. The molecule has 0 amide bonds. The van der Waals surface area contributed by atoms with Crippen molar-refractivity contribution in [2.45, 2.75) is 25.1 Å². The first kappa shape index (κ1) is 14.4. The number of hydrogen-bond acceptors (Lipinski definition) is 2. The van der Waals surface area contributed by atoms with Gasteiger partial charge in [0.15, 0.2) is 0 Å². The Kier molecular flexibility index (Phi) is 5.65. The lowest BCUT2D eigenvalue weighted by Gasteiger charge is -2.22. The van der Waals surface area contributed by atoms with Crippen LogP contribution in [0.1, 0.15) is 19.4 Å². The molecule has 0 spiro atoms. The molecule has 0 aliphatic carbocycles. The Morgan fingerprint density at radius 1 is 1.44 bits per heavy atom. The maximum absolute atomic E-state index is 6.14. The van der Waals surface area contributed by atoms with Crippen LogP contribution in [0.15, 0.2) is 22.7 Å². The Hall–Kier alpha value is 0.300. The van der Waals surface area contributed by atoms with Gasteiger partial charge in [-0.1, -0.05) is 33.6 Å². The summed E-state index contributed by atoms with van der Waals surface area (Å²) in [6, 6.07) is 5.99. The standard InChI is InChI=1S/C12H17BrClNS/c1-12(2,16-3)8-15-7-9-4-5-10(13)6-11(9)14/h4-6,15H,7-8H2,1-3H3. The summed E-state index contributed by atoms with van der Waals surface area (Å²) in [5, 5.41) is 4.24. The zero-order chi connectivity index (χ0) is 12.2. The third-order valence-electron chi connectivity index (χ3n) is 2.43. The summed E-state index contributed by atoms with van der Waals surface area (Å²) in [5.74, 6) is 0. The minimum Gasteiger partial charge on any atom is -0.311 e. The molecule has 1 nitrogen and oxygen atoms in total. The average molecular weight is 323 g/mol. The molecular formula is C12H17BrClNS. The molecule has 90 valence electrons. The van der Waals surface area contributed by atoms with E-state index >= 15 is 0 Å². The molecule has 1 rings (SSSR count). The first-order valence-electron chi connectivity index (χ1n) is 5.14. The molecule has 0 atom stereocenters. The second-order valence-electron chi connectivity index (χ2n) is 4.30. The quantitative estimate of drug-likeness (QED) is 0.866. The Balaban J connectivity index is 2.49. The van der Waals surface area contributed by atoms with Crippen molar-refractivity contribution >= 4 is 39.3 Å². The van der Waals surface area contributed by atoms with E-state index in [4.69, 9.17) is 11.6 Å². The van der Waals surface area contributed by atoms with Gasteiger partial charge in [0.25, 0.3) is 0 Å². The topological polar surface area (TPSA) is 12.0 Å². The van der Waals surface area contributed by atoms with Gasteiger partial charge < -0.3 is 5.32 Å². The molecule has 0 saturated carbocycles. The lowest BCUT2D eigenvalue weighted by Crippen LogP contribution is -2.31. The van der Waals surface area contributed by atoms with Crippen molar-refractivity contribution in [3.63, 3.8) is 0 Å². The molecule has 16 heavy (non-hydrogen) atoms. The SMILES string of the molecule is CSC(C)(C)CNCc1ccc(Br)cc1Cl. The van der Waals surface area contributed by atoms with Crippen molar-refractivity contribution in [2.75, 3.05) is 12.8 Å². The fourth-order valence-electron chi connectivity index (χ4n) is 1.24. The van der Waals surface area contributed by atoms with Crippen molar-refractivity contribution in [2.24, 2.45) is 0 Å². The van der Waals surface area contributed by atoms with Crippen LogP contribution in [0.25, 0.3) is 0 Å². The molecular weight excluding hydrogens is 306 g/mol. The first-order chi connectivity index (χ1) is 7.44. The number of hydrogen-bond donors (Lipinski definition) is 1. The molecule has 1 aromatic carbocycles. The molecule has 0 radical (unpaired) electrons. The molecule has 0 saturated heterocycles. The lowest BCUT2D eigenvalue weighted by molar-refractivity contribution is 0.591. The monoisotopic (exact) mass is 321 g/mol. The second kappa shape index (κ2) is 6.29. The van der Waals surface area contributed by atoms with E-state index in [0.29, 0.717) is 0 Å². The Morgan fingerprint density at radius 3 is 2.69 bits per heavy atom. The van der Waals surface area contributed by atoms with Gasteiger partial charge in [-0.3, -0.25) is 0 Å². The zero-order valence-corrected chi connectivity index (χ0v) is 13.0. The van der Waals surface area contributed by atoms with Gasteiger partial charge in [0.05, 0.1) is 0 Å². The van der Waals surface area contributed by atoms with Gasteiger partial charge in [-0.2, -0.15) is 11.8 Å². The Labute approximate surface area is 115 Å². The zero-order valence-electron chi connectivity index (χ0n) is 9.81. The van der Waals surface area contributed by atoms with Gasteiger partial charge in [-0.25, -0.2) is 0 Å². The van der Waals surface area contributed by atoms with Crippen LogP contribution in [-0.4, -0.2) is 17.5 Å². The molecule has 0 aromatic heterocycles. The van der Waals surface area contributed by atoms with Crippen molar-refractivity contribution in [3.8, 4) is 0 Å². The maximum Gasteiger partial charge on any atom is 0.0462 e. The molecule has 0 aliphatic heterocycles. The van der Waals surface area contributed by atoms with Gasteiger partial charge in [0, 0.05) is 27.3 Å². The summed E-state index contributed by atoms with van der Waals surface area (Å²) in [6.45, 7) is 6.25. The van der Waals surface area contributed by atoms with Crippen LogP contribution in [0.4, 0.5) is 0 Å². The van der Waals surface area contributed by atoms with Crippen LogP contribution in [-0.2, 0) is 6.54 Å². The van der Waals surface area contributed by atoms with E-state index in [1.54, 1.807) is 0 Å². The minimum absolute atomic E-state index is 0.266. The van der Waals surface area contributed by atoms with Crippen molar-refractivity contribution in [1.29, 1.82) is 0 Å². The third kappa shape index (κ3) is 4.66. The highest BCUT2D eigenvalue weighted by Gasteiger charge is 2.14. The van der Waals surface area contributed by atoms with Gasteiger partial charge >= 0.3 is 0 Å². The molecule has 0 fully saturated rings. The van der Waals surface area contributed by atoms with E-state index in [0.717, 1.165) is 28.1 Å². The van der Waals surface area contributed by atoms with Crippen molar-refractivity contribution in [3.05, 3.63) is 33.3 Å². The second-order valence-corrected chi connectivity index (χ2v) is 7.14. The molecule has 0 aliphatic rings. The summed E-state index contributed by atoms with van der Waals surface area (Å²) in [6.07, 6.45) is 2.13. The summed E-state index contributed by atoms with van der Waals surface area (Å²) in [5.41, 5.74) is 1.14. The predicted octanol–water partition coefficient (Wildman–Crippen LogP) is 4.33. The van der Waals surface area contributed by atoms with Crippen LogP contribution in [0.3, 0.4) is 0 Å². The highest BCUT2D eigenvalue weighted by molar-refractivity contribution is 9.10. The minimum atomic E-state index is 0.266. The predicted molar refractivity (Wildman–Crippen MR) is 78.5 cm³/mol. The third-order valence-corrected chi connectivity index (χ3v) is 4.53. The van der Waals surface area contributed by atoms with Crippen molar-refractivity contribution in [1.82, 2.24) is 5.32 Å². The number of halogens is 2. The summed E-state index contributed by atoms with van der Waals surface area (Å²) in [7, 11) is 0. The fourth-order valence-corrected chi connectivity index (χ4v) is 2.22. The van der Waals surface area contributed by atoms with E-state index < -0.39 is 0 Å². The van der Waals surface area contributed by atoms with Gasteiger partial charge in [-0.05, 0) is 37.8 Å². The Bertz CT molecular complexity index is 355. The summed E-state index contributed by atoms with van der Waals surface area (Å²) < 4.78 is 1.28. The van der Waals surface area contributed by atoms with E-state index in [1.807, 2.05) is 30.0 Å². The summed E-state index contributed by atoms with van der Waals surface area (Å²) in [4.78, 5) is 0. The van der Waals surface area contributed by atoms with E-state index in [2.05, 4.69) is 41.3 Å². The summed E-state index contributed by atoms with van der Waals surface area (Å²) >= 11 is 11.4. The van der Waals surface area contributed by atoms with Crippen LogP contribution in [0.5, 0.6) is 0 Å². The van der Waals surface area contributed by atoms with Gasteiger partial charge in [0.1, 0.15) is 0 Å². The van der Waals surface area contributed by atoms with Crippen molar-refractivity contribution < 1.29 is 0 Å². The lowest BCUT2D eigenvalue weighted by atomic mass is 10.2. The highest BCUT2D eigenvalue weighted by atomic mass is 79.9. The van der Waals surface area contributed by atoms with Gasteiger partial charge in [-0.15, -0.1) is 0 Å². The molecule has 1 N–H and O–H groups in total. The maximum atomic E-state index is 6.14. The Morgan fingerprint density at radius 2 is 2.12 bits per heavy atom. The van der Waals surface area contributed by atoms with E-state index in [1.165, 1.54) is 0 Å². The normalized spacial score (nSPS) is 11.8.